The number of hydrogen-bond donors (Lipinski definition) is 0. The third-order valence-electron chi connectivity index (χ3n) is 10.5. The Bertz CT molecular complexity index is 2810. The number of fused-ring (bicyclic) bond motifs is 4. The van der Waals surface area contributed by atoms with Crippen molar-refractivity contribution in [2.24, 2.45) is 0 Å². The van der Waals surface area contributed by atoms with E-state index in [0.29, 0.717) is 0 Å². The quantitative estimate of drug-likeness (QED) is 0.160. The van der Waals surface area contributed by atoms with Crippen molar-refractivity contribution in [1.29, 1.82) is 0 Å². The van der Waals surface area contributed by atoms with Crippen LogP contribution in [0.2, 0.25) is 0 Å². The molecule has 0 saturated heterocycles. The summed E-state index contributed by atoms with van der Waals surface area (Å²) in [6, 6.07) is 77.1. The largest absolute Gasteiger partial charge is 0.311 e. The molecule has 0 aliphatic carbocycles. The summed E-state index contributed by atoms with van der Waals surface area (Å²) in [6.45, 7) is 0. The lowest BCUT2D eigenvalue weighted by molar-refractivity contribution is 1.28. The first-order valence-corrected chi connectivity index (χ1v) is 19.2. The van der Waals surface area contributed by atoms with Gasteiger partial charge >= 0.3 is 0 Å². The van der Waals surface area contributed by atoms with Gasteiger partial charge in [0.2, 0.25) is 0 Å². The van der Waals surface area contributed by atoms with E-state index in [0.717, 1.165) is 17.1 Å². The van der Waals surface area contributed by atoms with Crippen LogP contribution in [0.15, 0.2) is 212 Å². The maximum Gasteiger partial charge on any atom is 0.0462 e. The van der Waals surface area contributed by atoms with Gasteiger partial charge in [0, 0.05) is 42.8 Å². The maximum absolute atomic E-state index is 2.39. The first-order chi connectivity index (χ1) is 26.7. The first-order valence-electron chi connectivity index (χ1n) is 18.4. The molecule has 0 radical (unpaired) electrons. The molecule has 10 aromatic rings. The van der Waals surface area contributed by atoms with Gasteiger partial charge in [0.05, 0.1) is 0 Å². The fraction of sp³-hybridized carbons (Fsp3) is 0. The fourth-order valence-corrected chi connectivity index (χ4v) is 8.90. The highest BCUT2D eigenvalue weighted by molar-refractivity contribution is 7.26. The number of hydrogen-bond acceptors (Lipinski definition) is 2. The van der Waals surface area contributed by atoms with Crippen LogP contribution in [0.3, 0.4) is 0 Å². The van der Waals surface area contributed by atoms with Crippen LogP contribution < -0.4 is 4.90 Å². The minimum Gasteiger partial charge on any atom is -0.311 e. The Hall–Kier alpha value is -6.74. The standard InChI is InChI=1S/C52H35NS/c1-3-11-36(12-4-1)39-21-27-45(28-22-39)53(46-29-23-40(24-30-46)37-13-5-2-6-14-37)47-31-25-41(26-32-47)49-34-44(43-20-19-38-15-7-8-16-42(38)33-43)35-50-48-17-9-10-18-51(48)54-52(49)50/h1-35H. The zero-order chi connectivity index (χ0) is 35.8. The molecule has 1 nitrogen and oxygen atoms in total. The molecule has 2 heteroatoms. The van der Waals surface area contributed by atoms with E-state index in [1.807, 2.05) is 11.3 Å². The Kier molecular flexibility index (Phi) is 8.09. The van der Waals surface area contributed by atoms with E-state index in [2.05, 4.69) is 217 Å². The molecule has 0 spiro atoms. The molecule has 0 amide bonds. The van der Waals surface area contributed by atoms with Crippen LogP contribution in [0.5, 0.6) is 0 Å². The molecule has 0 aliphatic rings. The fourth-order valence-electron chi connectivity index (χ4n) is 7.68. The molecule has 0 atom stereocenters. The molecule has 0 bridgehead atoms. The molecule has 0 unspecified atom stereocenters. The van der Waals surface area contributed by atoms with Crippen LogP contribution in [0, 0.1) is 0 Å². The Labute approximate surface area is 319 Å². The molecular weight excluding hydrogens is 671 g/mol. The second-order valence-electron chi connectivity index (χ2n) is 13.8. The second-order valence-corrected chi connectivity index (χ2v) is 14.8. The number of thiophene rings is 1. The Balaban J connectivity index is 1.08. The van der Waals surface area contributed by atoms with E-state index in [9.17, 15) is 0 Å². The highest BCUT2D eigenvalue weighted by atomic mass is 32.1. The Morgan fingerprint density at radius 3 is 1.39 bits per heavy atom. The van der Waals surface area contributed by atoms with Crippen molar-refractivity contribution in [3.8, 4) is 44.5 Å². The molecule has 10 rings (SSSR count). The van der Waals surface area contributed by atoms with Crippen LogP contribution in [0.25, 0.3) is 75.5 Å². The van der Waals surface area contributed by atoms with Gasteiger partial charge in [0.25, 0.3) is 0 Å². The summed E-state index contributed by atoms with van der Waals surface area (Å²) in [5, 5.41) is 5.12. The zero-order valence-electron chi connectivity index (χ0n) is 29.6. The number of anilines is 3. The van der Waals surface area contributed by atoms with Crippen molar-refractivity contribution >= 4 is 59.3 Å². The van der Waals surface area contributed by atoms with Gasteiger partial charge in [-0.15, -0.1) is 11.3 Å². The molecular formula is C52H35NS. The van der Waals surface area contributed by atoms with Crippen molar-refractivity contribution in [2.45, 2.75) is 0 Å². The smallest absolute Gasteiger partial charge is 0.0462 e. The van der Waals surface area contributed by atoms with Gasteiger partial charge in [-0.1, -0.05) is 152 Å². The molecule has 0 fully saturated rings. The molecule has 0 N–H and O–H groups in total. The van der Waals surface area contributed by atoms with Crippen LogP contribution >= 0.6 is 11.3 Å². The van der Waals surface area contributed by atoms with E-state index in [-0.39, 0.29) is 0 Å². The van der Waals surface area contributed by atoms with Crippen molar-refractivity contribution in [2.75, 3.05) is 4.90 Å². The van der Waals surface area contributed by atoms with Crippen molar-refractivity contribution < 1.29 is 0 Å². The minimum absolute atomic E-state index is 1.11. The highest BCUT2D eigenvalue weighted by Crippen LogP contribution is 2.44. The van der Waals surface area contributed by atoms with Gasteiger partial charge in [0.1, 0.15) is 0 Å². The van der Waals surface area contributed by atoms with Crippen LogP contribution in [0.4, 0.5) is 17.1 Å². The Morgan fingerprint density at radius 1 is 0.296 bits per heavy atom. The molecule has 0 saturated carbocycles. The summed E-state index contributed by atoms with van der Waals surface area (Å²) in [4.78, 5) is 2.36. The van der Waals surface area contributed by atoms with Gasteiger partial charge in [-0.25, -0.2) is 0 Å². The third kappa shape index (κ3) is 5.93. The molecule has 1 aromatic heterocycles. The van der Waals surface area contributed by atoms with Gasteiger partial charge in [-0.3, -0.25) is 0 Å². The topological polar surface area (TPSA) is 3.24 Å². The average molecular weight is 706 g/mol. The number of nitrogens with zero attached hydrogens (tertiary/aromatic N) is 1. The van der Waals surface area contributed by atoms with E-state index in [1.54, 1.807) is 0 Å². The third-order valence-corrected chi connectivity index (χ3v) is 11.7. The first kappa shape index (κ1) is 32.0. The Morgan fingerprint density at radius 2 is 0.778 bits per heavy atom. The van der Waals surface area contributed by atoms with Gasteiger partial charge in [0.15, 0.2) is 0 Å². The summed E-state index contributed by atoms with van der Waals surface area (Å²) in [5.74, 6) is 0. The van der Waals surface area contributed by atoms with E-state index >= 15 is 0 Å². The summed E-state index contributed by atoms with van der Waals surface area (Å²) in [5.41, 5.74) is 13.1. The van der Waals surface area contributed by atoms with E-state index in [1.165, 1.54) is 75.5 Å². The zero-order valence-corrected chi connectivity index (χ0v) is 30.4. The predicted molar refractivity (Wildman–Crippen MR) is 233 cm³/mol. The summed E-state index contributed by atoms with van der Waals surface area (Å²) >= 11 is 1.88. The SMILES string of the molecule is c1ccc(-c2ccc(N(c3ccc(-c4ccccc4)cc3)c3ccc(-c4cc(-c5ccc6ccccc6c5)cc5c4sc4ccccc45)cc3)cc2)cc1. The lowest BCUT2D eigenvalue weighted by Gasteiger charge is -2.26. The van der Waals surface area contributed by atoms with Crippen molar-refractivity contribution in [3.05, 3.63) is 212 Å². The van der Waals surface area contributed by atoms with Crippen LogP contribution in [0.1, 0.15) is 0 Å². The predicted octanol–water partition coefficient (Wildman–Crippen LogP) is 15.3. The maximum atomic E-state index is 2.39. The second kappa shape index (κ2) is 13.7. The summed E-state index contributed by atoms with van der Waals surface area (Å²) < 4.78 is 2.63. The van der Waals surface area contributed by atoms with E-state index < -0.39 is 0 Å². The van der Waals surface area contributed by atoms with Gasteiger partial charge < -0.3 is 4.90 Å². The van der Waals surface area contributed by atoms with Crippen LogP contribution in [-0.4, -0.2) is 0 Å². The lowest BCUT2D eigenvalue weighted by Crippen LogP contribution is -2.09. The summed E-state index contributed by atoms with van der Waals surface area (Å²) in [7, 11) is 0. The number of benzene rings is 9. The van der Waals surface area contributed by atoms with Gasteiger partial charge in [-0.2, -0.15) is 0 Å². The van der Waals surface area contributed by atoms with Crippen LogP contribution in [-0.2, 0) is 0 Å². The van der Waals surface area contributed by atoms with Crippen molar-refractivity contribution in [3.63, 3.8) is 0 Å². The molecule has 0 aliphatic heterocycles. The van der Waals surface area contributed by atoms with Crippen molar-refractivity contribution in [1.82, 2.24) is 0 Å². The summed E-state index contributed by atoms with van der Waals surface area (Å²) in [6.07, 6.45) is 0. The van der Waals surface area contributed by atoms with Gasteiger partial charge in [-0.05, 0) is 110 Å². The molecule has 54 heavy (non-hydrogen) atoms. The monoisotopic (exact) mass is 705 g/mol. The molecule has 9 aromatic carbocycles. The highest BCUT2D eigenvalue weighted by Gasteiger charge is 2.17. The number of rotatable bonds is 7. The average Bonchev–Trinajstić information content (AvgIpc) is 3.63. The molecule has 1 heterocycles. The normalized spacial score (nSPS) is 11.3. The minimum atomic E-state index is 1.11. The lowest BCUT2D eigenvalue weighted by atomic mass is 9.94. The van der Waals surface area contributed by atoms with E-state index in [4.69, 9.17) is 0 Å². The molecule has 254 valence electrons.